The van der Waals surface area contributed by atoms with Crippen LogP contribution in [0.25, 0.3) is 0 Å². The molecule has 86 valence electrons. The van der Waals surface area contributed by atoms with E-state index in [0.29, 0.717) is 12.8 Å². The fourth-order valence-electron chi connectivity index (χ4n) is 2.12. The summed E-state index contributed by atoms with van der Waals surface area (Å²) in [6.07, 6.45) is 0.465. The van der Waals surface area contributed by atoms with Gasteiger partial charge in [0.15, 0.2) is 0 Å². The van der Waals surface area contributed by atoms with Crippen LogP contribution in [0.3, 0.4) is 0 Å². The summed E-state index contributed by atoms with van der Waals surface area (Å²) < 4.78 is 0. The number of hydrogen-bond donors (Lipinski definition) is 1. The summed E-state index contributed by atoms with van der Waals surface area (Å²) in [7, 11) is 0. The third-order valence-corrected chi connectivity index (χ3v) is 2.98. The Labute approximate surface area is 90.3 Å². The molecule has 0 aliphatic heterocycles. The molecular weight excluding hydrogens is 194 g/mol. The number of carbonyl (C=O) groups excluding carboxylic acids is 1. The molecule has 1 fully saturated rings. The summed E-state index contributed by atoms with van der Waals surface area (Å²) in [4.78, 5) is 23.6. The van der Waals surface area contributed by atoms with Crippen LogP contribution in [0.1, 0.15) is 40.5 Å². The Morgan fingerprint density at radius 2 is 1.73 bits per heavy atom. The molecule has 0 saturated heterocycles. The van der Waals surface area contributed by atoms with Gasteiger partial charge in [-0.25, -0.2) is 4.79 Å². The molecule has 1 aliphatic carbocycles. The highest BCUT2D eigenvalue weighted by molar-refractivity contribution is 5.79. The van der Waals surface area contributed by atoms with Gasteiger partial charge in [-0.1, -0.05) is 0 Å². The first-order valence-corrected chi connectivity index (χ1v) is 5.26. The molecular formula is C11H19NO3. The maximum absolute atomic E-state index is 11.1. The van der Waals surface area contributed by atoms with Crippen LogP contribution in [-0.2, 0) is 4.79 Å². The molecule has 0 atom stereocenters. The quantitative estimate of drug-likeness (QED) is 0.764. The second kappa shape index (κ2) is 3.83. The average Bonchev–Trinajstić information content (AvgIpc) is 1.90. The Balaban J connectivity index is 2.63. The second-order valence-electron chi connectivity index (χ2n) is 5.26. The van der Waals surface area contributed by atoms with Crippen molar-refractivity contribution in [2.75, 3.05) is 0 Å². The van der Waals surface area contributed by atoms with Crippen molar-refractivity contribution >= 4 is 11.9 Å². The zero-order chi connectivity index (χ0) is 11.8. The Hall–Kier alpha value is -1.06. The lowest BCUT2D eigenvalue weighted by Gasteiger charge is -2.46. The predicted molar refractivity (Wildman–Crippen MR) is 56.8 cm³/mol. The van der Waals surface area contributed by atoms with Gasteiger partial charge in [0.25, 0.3) is 0 Å². The fraction of sp³-hybridized carbons (Fsp3) is 0.818. The van der Waals surface area contributed by atoms with Crippen molar-refractivity contribution < 1.29 is 14.7 Å². The smallest absolute Gasteiger partial charge is 0.407 e. The van der Waals surface area contributed by atoms with Gasteiger partial charge in [0.1, 0.15) is 5.78 Å². The van der Waals surface area contributed by atoms with E-state index in [1.807, 2.05) is 20.8 Å². The molecule has 0 aromatic rings. The molecule has 0 unspecified atom stereocenters. The molecule has 0 aromatic heterocycles. The lowest BCUT2D eigenvalue weighted by molar-refractivity contribution is -0.126. The number of carbonyl (C=O) groups is 2. The van der Waals surface area contributed by atoms with Crippen LogP contribution in [0, 0.1) is 5.92 Å². The van der Waals surface area contributed by atoms with E-state index in [4.69, 9.17) is 5.11 Å². The lowest BCUT2D eigenvalue weighted by Crippen LogP contribution is -2.56. The highest BCUT2D eigenvalue weighted by Crippen LogP contribution is 2.35. The highest BCUT2D eigenvalue weighted by atomic mass is 16.4. The van der Waals surface area contributed by atoms with Gasteiger partial charge < -0.3 is 10.0 Å². The van der Waals surface area contributed by atoms with Gasteiger partial charge in [0, 0.05) is 17.5 Å². The van der Waals surface area contributed by atoms with Crippen molar-refractivity contribution in [2.24, 2.45) is 5.92 Å². The van der Waals surface area contributed by atoms with Crippen LogP contribution in [0.15, 0.2) is 0 Å². The van der Waals surface area contributed by atoms with Crippen LogP contribution in [0.5, 0.6) is 0 Å². The molecule has 15 heavy (non-hydrogen) atoms. The molecule has 4 heteroatoms. The normalized spacial score (nSPS) is 25.6. The predicted octanol–water partition coefficient (Wildman–Crippen LogP) is 2.13. The van der Waals surface area contributed by atoms with E-state index < -0.39 is 11.6 Å². The number of nitrogens with zero attached hydrogens (tertiary/aromatic N) is 1. The van der Waals surface area contributed by atoms with Gasteiger partial charge in [0.05, 0.1) is 0 Å². The minimum Gasteiger partial charge on any atom is -0.465 e. The van der Waals surface area contributed by atoms with Gasteiger partial charge in [-0.2, -0.15) is 0 Å². The van der Waals surface area contributed by atoms with Crippen molar-refractivity contribution in [3.63, 3.8) is 0 Å². The van der Waals surface area contributed by atoms with Crippen molar-refractivity contribution in [1.29, 1.82) is 0 Å². The number of Topliss-reactive ketones (excluding diaryl/α,β-unsaturated/α-hetero) is 1. The van der Waals surface area contributed by atoms with E-state index in [0.717, 1.165) is 0 Å². The molecule has 0 aromatic carbocycles. The number of rotatable bonds is 2. The summed E-state index contributed by atoms with van der Waals surface area (Å²) in [5.41, 5.74) is -0.391. The number of hydrogen-bond acceptors (Lipinski definition) is 2. The van der Waals surface area contributed by atoms with Crippen molar-refractivity contribution in [2.45, 2.75) is 52.1 Å². The largest absolute Gasteiger partial charge is 0.465 e. The molecule has 1 rings (SSSR count). The van der Waals surface area contributed by atoms with E-state index in [2.05, 4.69) is 0 Å². The summed E-state index contributed by atoms with van der Waals surface area (Å²) >= 11 is 0. The molecule has 0 heterocycles. The third-order valence-electron chi connectivity index (χ3n) is 2.98. The Morgan fingerprint density at radius 1 is 1.27 bits per heavy atom. The molecule has 1 aliphatic rings. The fourth-order valence-corrected chi connectivity index (χ4v) is 2.12. The molecule has 1 saturated carbocycles. The van der Waals surface area contributed by atoms with Crippen LogP contribution in [0.2, 0.25) is 0 Å². The topological polar surface area (TPSA) is 57.6 Å². The summed E-state index contributed by atoms with van der Waals surface area (Å²) in [5.74, 6) is 0.240. The van der Waals surface area contributed by atoms with Gasteiger partial charge >= 0.3 is 6.09 Å². The molecule has 1 amide bonds. The molecule has 0 spiro atoms. The van der Waals surface area contributed by atoms with E-state index in [-0.39, 0.29) is 17.7 Å². The zero-order valence-corrected chi connectivity index (χ0v) is 9.78. The second-order valence-corrected chi connectivity index (χ2v) is 5.26. The molecule has 1 N–H and O–H groups in total. The van der Waals surface area contributed by atoms with Crippen LogP contribution < -0.4 is 0 Å². The van der Waals surface area contributed by atoms with E-state index in [9.17, 15) is 9.59 Å². The SMILES string of the molecule is CC(=O)C1CC(N(C(=O)O)C(C)(C)C)C1. The van der Waals surface area contributed by atoms with E-state index in [1.54, 1.807) is 6.92 Å². The Kier molecular flexibility index (Phi) is 3.07. The average molecular weight is 213 g/mol. The first-order chi connectivity index (χ1) is 6.73. The minimum atomic E-state index is -0.894. The van der Waals surface area contributed by atoms with Crippen molar-refractivity contribution in [1.82, 2.24) is 4.90 Å². The highest BCUT2D eigenvalue weighted by Gasteiger charge is 2.42. The first kappa shape index (κ1) is 12.0. The molecule has 4 nitrogen and oxygen atoms in total. The Morgan fingerprint density at radius 3 is 2.00 bits per heavy atom. The maximum Gasteiger partial charge on any atom is 0.407 e. The number of ketones is 1. The van der Waals surface area contributed by atoms with Crippen LogP contribution in [0.4, 0.5) is 4.79 Å². The summed E-state index contributed by atoms with van der Waals surface area (Å²) in [6.45, 7) is 7.20. The Bertz CT molecular complexity index is 274. The number of amides is 1. The zero-order valence-electron chi connectivity index (χ0n) is 9.78. The minimum absolute atomic E-state index is 0.0106. The lowest BCUT2D eigenvalue weighted by atomic mass is 9.76. The van der Waals surface area contributed by atoms with Crippen LogP contribution in [-0.4, -0.2) is 33.5 Å². The van der Waals surface area contributed by atoms with Crippen molar-refractivity contribution in [3.8, 4) is 0 Å². The first-order valence-electron chi connectivity index (χ1n) is 5.26. The summed E-state index contributed by atoms with van der Waals surface area (Å²) in [6, 6.07) is 0.0106. The van der Waals surface area contributed by atoms with E-state index >= 15 is 0 Å². The standard InChI is InChI=1S/C11H19NO3/c1-7(13)8-5-9(6-8)12(10(14)15)11(2,3)4/h8-9H,5-6H2,1-4H3,(H,14,15). The van der Waals surface area contributed by atoms with Gasteiger partial charge in [0.2, 0.25) is 0 Å². The van der Waals surface area contributed by atoms with Crippen molar-refractivity contribution in [3.05, 3.63) is 0 Å². The van der Waals surface area contributed by atoms with Crippen LogP contribution >= 0.6 is 0 Å². The third kappa shape index (κ3) is 2.49. The molecule has 0 bridgehead atoms. The van der Waals surface area contributed by atoms with Gasteiger partial charge in [-0.3, -0.25) is 4.79 Å². The van der Waals surface area contributed by atoms with E-state index in [1.165, 1.54) is 4.90 Å². The maximum atomic E-state index is 11.1. The number of carboxylic acid groups (broad SMARTS) is 1. The molecule has 0 radical (unpaired) electrons. The summed E-state index contributed by atoms with van der Waals surface area (Å²) in [5, 5.41) is 9.11. The van der Waals surface area contributed by atoms with Gasteiger partial charge in [-0.15, -0.1) is 0 Å². The monoisotopic (exact) mass is 213 g/mol. The van der Waals surface area contributed by atoms with Gasteiger partial charge in [-0.05, 0) is 40.5 Å².